The van der Waals surface area contributed by atoms with E-state index in [1.807, 2.05) is 35.2 Å². The molecule has 1 N–H and O–H groups in total. The van der Waals surface area contributed by atoms with Crippen LogP contribution in [0.15, 0.2) is 42.7 Å². The first-order valence-corrected chi connectivity index (χ1v) is 8.09. The average Bonchev–Trinajstić information content (AvgIpc) is 3.08. The third-order valence-corrected chi connectivity index (χ3v) is 4.26. The summed E-state index contributed by atoms with van der Waals surface area (Å²) in [6.07, 6.45) is 6.83. The molecule has 0 aliphatic carbocycles. The Balaban J connectivity index is 1.72. The van der Waals surface area contributed by atoms with Crippen molar-refractivity contribution in [3.05, 3.63) is 48.3 Å². The van der Waals surface area contributed by atoms with Crippen molar-refractivity contribution in [3.8, 4) is 11.4 Å². The molecule has 0 bridgehead atoms. The van der Waals surface area contributed by atoms with Crippen molar-refractivity contribution in [1.82, 2.24) is 14.9 Å². The van der Waals surface area contributed by atoms with Gasteiger partial charge in [-0.05, 0) is 25.7 Å². The third-order valence-electron chi connectivity index (χ3n) is 4.26. The molecule has 2 aromatic rings. The van der Waals surface area contributed by atoms with Crippen LogP contribution in [0, 0.1) is 0 Å². The Labute approximate surface area is 136 Å². The number of hydrogen-bond acceptors (Lipinski definition) is 4. The Morgan fingerprint density at radius 3 is 2.65 bits per heavy atom. The summed E-state index contributed by atoms with van der Waals surface area (Å²) >= 11 is 0. The van der Waals surface area contributed by atoms with E-state index in [0.29, 0.717) is 11.4 Å². The lowest BCUT2D eigenvalue weighted by molar-refractivity contribution is 0.0723. The van der Waals surface area contributed by atoms with Gasteiger partial charge in [-0.1, -0.05) is 30.3 Å². The van der Waals surface area contributed by atoms with Crippen molar-refractivity contribution >= 4 is 5.91 Å². The van der Waals surface area contributed by atoms with Gasteiger partial charge in [0.05, 0.1) is 5.56 Å². The van der Waals surface area contributed by atoms with Crippen LogP contribution in [0.25, 0.3) is 11.4 Å². The van der Waals surface area contributed by atoms with E-state index in [4.69, 9.17) is 5.11 Å². The molecule has 3 rings (SSSR count). The maximum atomic E-state index is 12.7. The highest BCUT2D eigenvalue weighted by Crippen LogP contribution is 2.23. The van der Waals surface area contributed by atoms with Crippen LogP contribution in [0.5, 0.6) is 0 Å². The number of hydrogen-bond donors (Lipinski definition) is 1. The van der Waals surface area contributed by atoms with Gasteiger partial charge in [-0.25, -0.2) is 9.97 Å². The van der Waals surface area contributed by atoms with Gasteiger partial charge in [-0.3, -0.25) is 4.79 Å². The highest BCUT2D eigenvalue weighted by molar-refractivity contribution is 5.94. The zero-order valence-corrected chi connectivity index (χ0v) is 13.1. The summed E-state index contributed by atoms with van der Waals surface area (Å²) < 4.78 is 0. The minimum atomic E-state index is -0.00921. The van der Waals surface area contributed by atoms with Crippen LogP contribution in [0.4, 0.5) is 0 Å². The van der Waals surface area contributed by atoms with Crippen LogP contribution in [-0.4, -0.2) is 45.1 Å². The van der Waals surface area contributed by atoms with E-state index in [1.165, 1.54) is 0 Å². The number of aromatic nitrogens is 2. The van der Waals surface area contributed by atoms with E-state index in [0.717, 1.165) is 37.8 Å². The number of aliphatic hydroxyl groups is 1. The second-order valence-electron chi connectivity index (χ2n) is 5.82. The summed E-state index contributed by atoms with van der Waals surface area (Å²) in [6, 6.07) is 9.94. The minimum absolute atomic E-state index is 0.00921. The SMILES string of the molecule is O=C(c1cnc(-c2ccccc2)nc1)N1CCCC1CCCO. The number of amides is 1. The molecule has 5 nitrogen and oxygen atoms in total. The number of nitrogens with zero attached hydrogens (tertiary/aromatic N) is 3. The van der Waals surface area contributed by atoms with Crippen molar-refractivity contribution in [2.45, 2.75) is 31.7 Å². The van der Waals surface area contributed by atoms with Gasteiger partial charge >= 0.3 is 0 Å². The maximum absolute atomic E-state index is 12.7. The smallest absolute Gasteiger partial charge is 0.257 e. The molecule has 0 spiro atoms. The zero-order valence-electron chi connectivity index (χ0n) is 13.1. The number of likely N-dealkylation sites (tertiary alicyclic amines) is 1. The first kappa shape index (κ1) is 15.6. The Bertz CT molecular complexity index is 643. The molecule has 1 saturated heterocycles. The molecule has 1 unspecified atom stereocenters. The summed E-state index contributed by atoms with van der Waals surface area (Å²) in [4.78, 5) is 23.2. The Hall–Kier alpha value is -2.27. The van der Waals surface area contributed by atoms with Gasteiger partial charge in [0.25, 0.3) is 5.91 Å². The summed E-state index contributed by atoms with van der Waals surface area (Å²) in [5.74, 6) is 0.616. The summed E-state index contributed by atoms with van der Waals surface area (Å²) in [5.41, 5.74) is 1.47. The van der Waals surface area contributed by atoms with Crippen molar-refractivity contribution in [1.29, 1.82) is 0 Å². The van der Waals surface area contributed by atoms with Crippen molar-refractivity contribution in [2.24, 2.45) is 0 Å². The molecule has 1 aromatic heterocycles. The normalized spacial score (nSPS) is 17.4. The highest BCUT2D eigenvalue weighted by Gasteiger charge is 2.29. The van der Waals surface area contributed by atoms with Crippen LogP contribution in [-0.2, 0) is 0 Å². The van der Waals surface area contributed by atoms with Gasteiger partial charge in [0.1, 0.15) is 0 Å². The number of carbonyl (C=O) groups is 1. The molecular formula is C18H21N3O2. The van der Waals surface area contributed by atoms with Crippen LogP contribution in [0.1, 0.15) is 36.0 Å². The molecule has 1 aliphatic rings. The predicted octanol–water partition coefficient (Wildman–Crippen LogP) is 2.52. The van der Waals surface area contributed by atoms with E-state index in [1.54, 1.807) is 12.4 Å². The fraction of sp³-hybridized carbons (Fsp3) is 0.389. The molecule has 1 aliphatic heterocycles. The van der Waals surface area contributed by atoms with E-state index < -0.39 is 0 Å². The van der Waals surface area contributed by atoms with E-state index in [9.17, 15) is 4.79 Å². The van der Waals surface area contributed by atoms with Crippen LogP contribution in [0.2, 0.25) is 0 Å². The van der Waals surface area contributed by atoms with E-state index in [2.05, 4.69) is 9.97 Å². The number of rotatable bonds is 5. The average molecular weight is 311 g/mol. The molecule has 23 heavy (non-hydrogen) atoms. The molecule has 0 saturated carbocycles. The van der Waals surface area contributed by atoms with Crippen LogP contribution in [0.3, 0.4) is 0 Å². The monoisotopic (exact) mass is 311 g/mol. The Kier molecular flexibility index (Phi) is 4.98. The van der Waals surface area contributed by atoms with Crippen LogP contribution < -0.4 is 0 Å². The van der Waals surface area contributed by atoms with Gasteiger partial charge < -0.3 is 10.0 Å². The lowest BCUT2D eigenvalue weighted by Crippen LogP contribution is -2.35. The lowest BCUT2D eigenvalue weighted by atomic mass is 10.1. The summed E-state index contributed by atoms with van der Waals surface area (Å²) in [7, 11) is 0. The topological polar surface area (TPSA) is 66.3 Å². The van der Waals surface area contributed by atoms with Gasteiger partial charge in [-0.15, -0.1) is 0 Å². The molecule has 5 heteroatoms. The largest absolute Gasteiger partial charge is 0.396 e. The van der Waals surface area contributed by atoms with Gasteiger partial charge in [0.2, 0.25) is 0 Å². The fourth-order valence-electron chi connectivity index (χ4n) is 3.07. The van der Waals surface area contributed by atoms with Crippen molar-refractivity contribution in [2.75, 3.05) is 13.2 Å². The van der Waals surface area contributed by atoms with Crippen molar-refractivity contribution in [3.63, 3.8) is 0 Å². The second-order valence-corrected chi connectivity index (χ2v) is 5.82. The molecule has 1 fully saturated rings. The molecule has 1 amide bonds. The van der Waals surface area contributed by atoms with E-state index in [-0.39, 0.29) is 18.6 Å². The molecule has 1 atom stereocenters. The summed E-state index contributed by atoms with van der Waals surface area (Å²) in [6.45, 7) is 0.947. The molecule has 120 valence electrons. The molecule has 0 radical (unpaired) electrons. The van der Waals surface area contributed by atoms with Gasteiger partial charge in [-0.2, -0.15) is 0 Å². The quantitative estimate of drug-likeness (QED) is 0.921. The Morgan fingerprint density at radius 1 is 1.22 bits per heavy atom. The summed E-state index contributed by atoms with van der Waals surface area (Å²) in [5, 5.41) is 8.98. The standard InChI is InChI=1S/C18H21N3O2/c22-11-5-9-16-8-4-10-21(16)18(23)15-12-19-17(20-13-15)14-6-2-1-3-7-14/h1-3,6-7,12-13,16,22H,4-5,8-11H2. The lowest BCUT2D eigenvalue weighted by Gasteiger charge is -2.24. The predicted molar refractivity (Wildman–Crippen MR) is 87.8 cm³/mol. The molecule has 1 aromatic carbocycles. The Morgan fingerprint density at radius 2 is 1.96 bits per heavy atom. The zero-order chi connectivity index (χ0) is 16.1. The highest BCUT2D eigenvalue weighted by atomic mass is 16.3. The molecule has 2 heterocycles. The van der Waals surface area contributed by atoms with Crippen LogP contribution >= 0.6 is 0 Å². The van der Waals surface area contributed by atoms with Gasteiger partial charge in [0.15, 0.2) is 5.82 Å². The van der Waals surface area contributed by atoms with Crippen molar-refractivity contribution < 1.29 is 9.90 Å². The van der Waals surface area contributed by atoms with E-state index >= 15 is 0 Å². The second kappa shape index (κ2) is 7.33. The first-order chi connectivity index (χ1) is 11.3. The van der Waals surface area contributed by atoms with Gasteiger partial charge in [0, 0.05) is 37.2 Å². The number of carbonyl (C=O) groups excluding carboxylic acids is 1. The minimum Gasteiger partial charge on any atom is -0.396 e. The fourth-order valence-corrected chi connectivity index (χ4v) is 3.07. The number of aliphatic hydroxyl groups excluding tert-OH is 1. The third kappa shape index (κ3) is 3.56. The maximum Gasteiger partial charge on any atom is 0.257 e. The molecular weight excluding hydrogens is 290 g/mol. The first-order valence-electron chi connectivity index (χ1n) is 8.09. The number of benzene rings is 1.